The van der Waals surface area contributed by atoms with Crippen LogP contribution >= 0.6 is 0 Å². The van der Waals surface area contributed by atoms with E-state index < -0.39 is 10.0 Å². The number of nitrogens with one attached hydrogen (secondary N) is 3. The highest BCUT2D eigenvalue weighted by Gasteiger charge is 2.11. The van der Waals surface area contributed by atoms with Gasteiger partial charge in [0, 0.05) is 12.1 Å². The molecular formula is C18H21N3O5S. The summed E-state index contributed by atoms with van der Waals surface area (Å²) in [5.74, 6) is -0.0870. The minimum atomic E-state index is -3.49. The number of ether oxygens (including phenoxy) is 1. The van der Waals surface area contributed by atoms with Crippen molar-refractivity contribution in [2.75, 3.05) is 20.7 Å². The van der Waals surface area contributed by atoms with Crippen molar-refractivity contribution < 1.29 is 22.7 Å². The predicted octanol–water partition coefficient (Wildman–Crippen LogP) is 0.650. The van der Waals surface area contributed by atoms with Crippen LogP contribution in [0.5, 0.6) is 5.75 Å². The quantitative estimate of drug-likeness (QED) is 0.611. The lowest BCUT2D eigenvalue weighted by Gasteiger charge is -2.08. The Morgan fingerprint density at radius 3 is 2.15 bits per heavy atom. The van der Waals surface area contributed by atoms with Crippen LogP contribution in [0.4, 0.5) is 0 Å². The molecule has 0 aliphatic rings. The van der Waals surface area contributed by atoms with Gasteiger partial charge in [0.1, 0.15) is 5.75 Å². The first-order valence-corrected chi connectivity index (χ1v) is 9.55. The molecule has 0 aromatic heterocycles. The van der Waals surface area contributed by atoms with E-state index >= 15 is 0 Å². The standard InChI is InChI=1S/C18H21N3O5S/c1-19-27(24,25)16-9-3-13(4-10-16)11-20-17(22)12-21-18(23)14-5-7-15(26-2)8-6-14/h3-10,19H,11-12H2,1-2H3,(H,20,22)(H,21,23). The van der Waals surface area contributed by atoms with Crippen molar-refractivity contribution in [3.8, 4) is 5.75 Å². The van der Waals surface area contributed by atoms with Gasteiger partial charge in [0.05, 0.1) is 18.6 Å². The maximum absolute atomic E-state index is 12.0. The van der Waals surface area contributed by atoms with E-state index in [2.05, 4.69) is 15.4 Å². The number of carbonyl (C=O) groups is 2. The molecule has 144 valence electrons. The number of carbonyl (C=O) groups excluding carboxylic acids is 2. The summed E-state index contributed by atoms with van der Waals surface area (Å²) in [5.41, 5.74) is 1.16. The smallest absolute Gasteiger partial charge is 0.251 e. The number of hydrogen-bond acceptors (Lipinski definition) is 5. The van der Waals surface area contributed by atoms with Crippen molar-refractivity contribution >= 4 is 21.8 Å². The molecular weight excluding hydrogens is 370 g/mol. The fraction of sp³-hybridized carbons (Fsp3) is 0.222. The highest BCUT2D eigenvalue weighted by atomic mass is 32.2. The molecule has 8 nitrogen and oxygen atoms in total. The fourth-order valence-electron chi connectivity index (χ4n) is 2.17. The predicted molar refractivity (Wildman–Crippen MR) is 99.9 cm³/mol. The molecule has 2 rings (SSSR count). The van der Waals surface area contributed by atoms with Crippen LogP contribution in [0, 0.1) is 0 Å². The number of benzene rings is 2. The van der Waals surface area contributed by atoms with Crippen molar-refractivity contribution in [1.29, 1.82) is 0 Å². The van der Waals surface area contributed by atoms with Crippen molar-refractivity contribution in [3.05, 3.63) is 59.7 Å². The molecule has 0 saturated carbocycles. The highest BCUT2D eigenvalue weighted by Crippen LogP contribution is 2.11. The Labute approximate surface area is 158 Å². The average molecular weight is 391 g/mol. The van der Waals surface area contributed by atoms with Crippen LogP contribution in [0.1, 0.15) is 15.9 Å². The Morgan fingerprint density at radius 2 is 1.59 bits per heavy atom. The minimum Gasteiger partial charge on any atom is -0.497 e. The van der Waals surface area contributed by atoms with Crippen LogP contribution < -0.4 is 20.1 Å². The summed E-state index contributed by atoms with van der Waals surface area (Å²) >= 11 is 0. The zero-order valence-corrected chi connectivity index (χ0v) is 15.8. The molecule has 0 spiro atoms. The van der Waals surface area contributed by atoms with Crippen LogP contribution in [-0.4, -0.2) is 40.9 Å². The number of sulfonamides is 1. The van der Waals surface area contributed by atoms with Gasteiger partial charge in [-0.15, -0.1) is 0 Å². The molecule has 0 fully saturated rings. The third-order valence-electron chi connectivity index (χ3n) is 3.75. The van der Waals surface area contributed by atoms with Crippen LogP contribution in [0.15, 0.2) is 53.4 Å². The molecule has 0 aliphatic carbocycles. The number of amides is 2. The third kappa shape index (κ3) is 5.80. The molecule has 2 amide bonds. The summed E-state index contributed by atoms with van der Waals surface area (Å²) in [5, 5.41) is 5.19. The molecule has 0 atom stereocenters. The van der Waals surface area contributed by atoms with Gasteiger partial charge in [-0.05, 0) is 49.0 Å². The molecule has 0 unspecified atom stereocenters. The molecule has 27 heavy (non-hydrogen) atoms. The van der Waals surface area contributed by atoms with Gasteiger partial charge in [-0.2, -0.15) is 0 Å². The van der Waals surface area contributed by atoms with E-state index in [1.807, 2.05) is 0 Å². The van der Waals surface area contributed by atoms with Crippen molar-refractivity contribution in [3.63, 3.8) is 0 Å². The Bertz CT molecular complexity index is 894. The van der Waals surface area contributed by atoms with Crippen molar-refractivity contribution in [2.24, 2.45) is 0 Å². The van der Waals surface area contributed by atoms with Crippen LogP contribution in [0.2, 0.25) is 0 Å². The second-order valence-electron chi connectivity index (χ2n) is 5.54. The first kappa shape index (κ1) is 20.4. The first-order valence-electron chi connectivity index (χ1n) is 8.07. The van der Waals surface area contributed by atoms with E-state index in [1.54, 1.807) is 36.4 Å². The number of hydrogen-bond donors (Lipinski definition) is 3. The summed E-state index contributed by atoms with van der Waals surface area (Å²) in [4.78, 5) is 24.0. The van der Waals surface area contributed by atoms with Gasteiger partial charge < -0.3 is 15.4 Å². The van der Waals surface area contributed by atoms with E-state index in [-0.39, 0.29) is 29.8 Å². The second-order valence-corrected chi connectivity index (χ2v) is 7.43. The fourth-order valence-corrected chi connectivity index (χ4v) is 2.90. The Balaban J connectivity index is 1.81. The van der Waals surface area contributed by atoms with Gasteiger partial charge in [-0.1, -0.05) is 12.1 Å². The van der Waals surface area contributed by atoms with Gasteiger partial charge in [0.25, 0.3) is 5.91 Å². The lowest BCUT2D eigenvalue weighted by molar-refractivity contribution is -0.120. The monoisotopic (exact) mass is 391 g/mol. The zero-order valence-electron chi connectivity index (χ0n) is 15.0. The molecule has 0 bridgehead atoms. The van der Waals surface area contributed by atoms with E-state index in [9.17, 15) is 18.0 Å². The van der Waals surface area contributed by atoms with Gasteiger partial charge in [-0.3, -0.25) is 9.59 Å². The Morgan fingerprint density at radius 1 is 0.963 bits per heavy atom. The average Bonchev–Trinajstić information content (AvgIpc) is 2.70. The summed E-state index contributed by atoms with van der Waals surface area (Å²) in [6, 6.07) is 12.7. The molecule has 2 aromatic carbocycles. The van der Waals surface area contributed by atoms with Gasteiger partial charge in [0.2, 0.25) is 15.9 Å². The second kappa shape index (κ2) is 9.15. The summed E-state index contributed by atoms with van der Waals surface area (Å²) < 4.78 is 30.6. The Hall–Kier alpha value is -2.91. The van der Waals surface area contributed by atoms with E-state index in [0.29, 0.717) is 11.3 Å². The Kier molecular flexibility index (Phi) is 6.91. The maximum atomic E-state index is 12.0. The summed E-state index contributed by atoms with van der Waals surface area (Å²) in [6.45, 7) is 0.0498. The lowest BCUT2D eigenvalue weighted by Crippen LogP contribution is -2.36. The van der Waals surface area contributed by atoms with E-state index in [1.165, 1.54) is 26.3 Å². The van der Waals surface area contributed by atoms with Crippen molar-refractivity contribution in [2.45, 2.75) is 11.4 Å². The topological polar surface area (TPSA) is 114 Å². The normalized spacial score (nSPS) is 10.9. The van der Waals surface area contributed by atoms with Crippen molar-refractivity contribution in [1.82, 2.24) is 15.4 Å². The minimum absolute atomic E-state index is 0.145. The van der Waals surface area contributed by atoms with Crippen LogP contribution in [0.25, 0.3) is 0 Å². The molecule has 0 saturated heterocycles. The highest BCUT2D eigenvalue weighted by molar-refractivity contribution is 7.89. The van der Waals surface area contributed by atoms with Gasteiger partial charge in [0.15, 0.2) is 0 Å². The number of rotatable bonds is 8. The molecule has 0 aliphatic heterocycles. The largest absolute Gasteiger partial charge is 0.497 e. The molecule has 3 N–H and O–H groups in total. The number of methoxy groups -OCH3 is 1. The maximum Gasteiger partial charge on any atom is 0.251 e. The molecule has 2 aromatic rings. The van der Waals surface area contributed by atoms with Crippen LogP contribution in [0.3, 0.4) is 0 Å². The summed E-state index contributed by atoms with van der Waals surface area (Å²) in [6.07, 6.45) is 0. The van der Waals surface area contributed by atoms with E-state index in [0.717, 1.165) is 5.56 Å². The van der Waals surface area contributed by atoms with Gasteiger partial charge >= 0.3 is 0 Å². The SMILES string of the molecule is CNS(=O)(=O)c1ccc(CNC(=O)CNC(=O)c2ccc(OC)cc2)cc1. The lowest BCUT2D eigenvalue weighted by atomic mass is 10.2. The first-order chi connectivity index (χ1) is 12.9. The molecule has 0 radical (unpaired) electrons. The van der Waals surface area contributed by atoms with Crippen LogP contribution in [-0.2, 0) is 21.4 Å². The summed E-state index contributed by atoms with van der Waals surface area (Å²) in [7, 11) is -0.617. The van der Waals surface area contributed by atoms with Gasteiger partial charge in [-0.25, -0.2) is 13.1 Å². The molecule has 9 heteroatoms. The third-order valence-corrected chi connectivity index (χ3v) is 5.18. The van der Waals surface area contributed by atoms with E-state index in [4.69, 9.17) is 4.74 Å². The molecule has 0 heterocycles. The zero-order chi connectivity index (χ0) is 19.9.